The second-order valence-corrected chi connectivity index (χ2v) is 5.93. The molecule has 3 saturated carbocycles. The molecule has 0 nitrogen and oxygen atoms in total. The molecule has 0 aliphatic heterocycles. The summed E-state index contributed by atoms with van der Waals surface area (Å²) in [6.45, 7) is 11.0. The summed E-state index contributed by atoms with van der Waals surface area (Å²) in [5, 5.41) is 0. The smallest absolute Gasteiger partial charge is 0.0144 e. The molecule has 0 amide bonds. The standard InChI is InChI=1S/C13H20/c1-8(2)5-6-10-12-7-11(12)13(10,12)9(3)4/h9-11H,1,5-7H2,2-4H3. The molecule has 0 aromatic rings. The highest BCUT2D eigenvalue weighted by molar-refractivity contribution is 5.53. The first-order valence-electron chi connectivity index (χ1n) is 5.73. The van der Waals surface area contributed by atoms with Crippen LogP contribution in [-0.2, 0) is 0 Å². The van der Waals surface area contributed by atoms with E-state index in [2.05, 4.69) is 27.4 Å². The van der Waals surface area contributed by atoms with Crippen molar-refractivity contribution in [3.63, 3.8) is 0 Å². The molecule has 3 aliphatic carbocycles. The van der Waals surface area contributed by atoms with Gasteiger partial charge >= 0.3 is 0 Å². The van der Waals surface area contributed by atoms with Crippen molar-refractivity contribution in [1.29, 1.82) is 0 Å². The molecule has 4 unspecified atom stereocenters. The Kier molecular flexibility index (Phi) is 1.18. The molecule has 3 rings (SSSR count). The Morgan fingerprint density at radius 1 is 1.54 bits per heavy atom. The first-order chi connectivity index (χ1) is 6.08. The van der Waals surface area contributed by atoms with Gasteiger partial charge in [0, 0.05) is 0 Å². The van der Waals surface area contributed by atoms with Gasteiger partial charge in [-0.05, 0) is 54.8 Å². The van der Waals surface area contributed by atoms with Gasteiger partial charge in [0.1, 0.15) is 0 Å². The van der Waals surface area contributed by atoms with Crippen LogP contribution in [0.4, 0.5) is 0 Å². The lowest BCUT2D eigenvalue weighted by Crippen LogP contribution is -2.10. The summed E-state index contributed by atoms with van der Waals surface area (Å²) in [5.41, 5.74) is 3.15. The van der Waals surface area contributed by atoms with E-state index in [0.717, 1.165) is 22.7 Å². The van der Waals surface area contributed by atoms with E-state index in [0.29, 0.717) is 0 Å². The first-order valence-corrected chi connectivity index (χ1v) is 5.73. The summed E-state index contributed by atoms with van der Waals surface area (Å²) in [5.74, 6) is 3.22. The predicted molar refractivity (Wildman–Crippen MR) is 55.3 cm³/mol. The van der Waals surface area contributed by atoms with Crippen molar-refractivity contribution in [3.8, 4) is 0 Å². The average Bonchev–Trinajstić information content (AvgIpc) is 2.84. The molecule has 0 radical (unpaired) electrons. The second kappa shape index (κ2) is 1.89. The minimum absolute atomic E-state index is 0.864. The number of fused-ring (bicyclic) bond motifs is 1. The van der Waals surface area contributed by atoms with Gasteiger partial charge in [-0.15, -0.1) is 6.58 Å². The van der Waals surface area contributed by atoms with Crippen LogP contribution in [0.3, 0.4) is 0 Å². The lowest BCUT2D eigenvalue weighted by atomic mass is 9.88. The summed E-state index contributed by atoms with van der Waals surface area (Å²) < 4.78 is 0. The molecule has 0 aromatic carbocycles. The molecule has 3 fully saturated rings. The largest absolute Gasteiger partial charge is 0.100 e. The van der Waals surface area contributed by atoms with Crippen LogP contribution in [0, 0.1) is 28.6 Å². The van der Waals surface area contributed by atoms with Gasteiger partial charge in [-0.2, -0.15) is 0 Å². The Balaban J connectivity index is 1.63. The second-order valence-electron chi connectivity index (χ2n) is 5.93. The van der Waals surface area contributed by atoms with Crippen LogP contribution in [0.2, 0.25) is 0 Å². The van der Waals surface area contributed by atoms with E-state index in [4.69, 9.17) is 0 Å². The zero-order chi connectivity index (χ0) is 9.43. The van der Waals surface area contributed by atoms with Crippen molar-refractivity contribution in [2.75, 3.05) is 0 Å². The molecule has 13 heavy (non-hydrogen) atoms. The van der Waals surface area contributed by atoms with E-state index in [1.54, 1.807) is 6.42 Å². The van der Waals surface area contributed by atoms with Crippen LogP contribution in [0.5, 0.6) is 0 Å². The highest BCUT2D eigenvalue weighted by Gasteiger charge is 3.06. The minimum Gasteiger partial charge on any atom is -0.100 e. The van der Waals surface area contributed by atoms with Crippen LogP contribution >= 0.6 is 0 Å². The fourth-order valence-corrected chi connectivity index (χ4v) is 4.65. The summed E-state index contributed by atoms with van der Waals surface area (Å²) in [7, 11) is 0. The molecule has 0 aromatic heterocycles. The van der Waals surface area contributed by atoms with E-state index in [1.165, 1.54) is 24.3 Å². The Morgan fingerprint density at radius 3 is 2.54 bits per heavy atom. The Hall–Kier alpha value is -0.260. The van der Waals surface area contributed by atoms with E-state index in [-0.39, 0.29) is 0 Å². The van der Waals surface area contributed by atoms with Crippen LogP contribution in [0.1, 0.15) is 40.0 Å². The lowest BCUT2D eigenvalue weighted by Gasteiger charge is -2.16. The van der Waals surface area contributed by atoms with E-state index < -0.39 is 0 Å². The summed E-state index contributed by atoms with van der Waals surface area (Å²) in [6.07, 6.45) is 4.28. The van der Waals surface area contributed by atoms with Crippen molar-refractivity contribution in [2.45, 2.75) is 40.0 Å². The summed E-state index contributed by atoms with van der Waals surface area (Å²) >= 11 is 0. The fourth-order valence-electron chi connectivity index (χ4n) is 4.65. The van der Waals surface area contributed by atoms with Crippen molar-refractivity contribution in [3.05, 3.63) is 12.2 Å². The SMILES string of the molecule is C=C(C)CCC1C23CC2C13C(C)C. The van der Waals surface area contributed by atoms with Gasteiger partial charge in [-0.1, -0.05) is 19.4 Å². The van der Waals surface area contributed by atoms with Gasteiger partial charge < -0.3 is 0 Å². The van der Waals surface area contributed by atoms with Crippen LogP contribution in [0.25, 0.3) is 0 Å². The number of allylic oxidation sites excluding steroid dienone is 1. The predicted octanol–water partition coefficient (Wildman–Crippen LogP) is 3.63. The summed E-state index contributed by atoms with van der Waals surface area (Å²) in [6, 6.07) is 0. The van der Waals surface area contributed by atoms with Crippen molar-refractivity contribution in [2.24, 2.45) is 28.6 Å². The Labute approximate surface area is 81.4 Å². The highest BCUT2D eigenvalue weighted by Crippen LogP contribution is 3.11. The van der Waals surface area contributed by atoms with Gasteiger partial charge in [-0.3, -0.25) is 0 Å². The molecule has 0 saturated heterocycles. The van der Waals surface area contributed by atoms with Gasteiger partial charge in [-0.25, -0.2) is 0 Å². The van der Waals surface area contributed by atoms with Gasteiger partial charge in [0.25, 0.3) is 0 Å². The lowest BCUT2D eigenvalue weighted by molar-refractivity contribution is 0.323. The molecule has 0 bridgehead atoms. The van der Waals surface area contributed by atoms with Crippen molar-refractivity contribution >= 4 is 0 Å². The van der Waals surface area contributed by atoms with Crippen LogP contribution in [0.15, 0.2) is 12.2 Å². The van der Waals surface area contributed by atoms with E-state index in [1.807, 2.05) is 0 Å². The Morgan fingerprint density at radius 2 is 2.23 bits per heavy atom. The average molecular weight is 176 g/mol. The number of hydrogen-bond donors (Lipinski definition) is 0. The highest BCUT2D eigenvalue weighted by atomic mass is 15.1. The van der Waals surface area contributed by atoms with Gasteiger partial charge in [0.2, 0.25) is 0 Å². The maximum absolute atomic E-state index is 4.00. The van der Waals surface area contributed by atoms with Crippen molar-refractivity contribution in [1.82, 2.24) is 0 Å². The van der Waals surface area contributed by atoms with E-state index >= 15 is 0 Å². The third-order valence-electron chi connectivity index (χ3n) is 5.23. The van der Waals surface area contributed by atoms with Gasteiger partial charge in [0.15, 0.2) is 0 Å². The molecular formula is C13H20. The minimum atomic E-state index is 0.864. The maximum atomic E-state index is 4.00. The molecule has 72 valence electrons. The zero-order valence-corrected chi connectivity index (χ0v) is 9.06. The monoisotopic (exact) mass is 176 g/mol. The third-order valence-corrected chi connectivity index (χ3v) is 5.23. The molecule has 1 spiro atoms. The van der Waals surface area contributed by atoms with E-state index in [9.17, 15) is 0 Å². The summed E-state index contributed by atoms with van der Waals surface area (Å²) in [4.78, 5) is 0. The fraction of sp³-hybridized carbons (Fsp3) is 0.846. The van der Waals surface area contributed by atoms with Crippen molar-refractivity contribution < 1.29 is 0 Å². The topological polar surface area (TPSA) is 0 Å². The molecule has 0 N–H and O–H groups in total. The normalized spacial score (nSPS) is 54.2. The first kappa shape index (κ1) is 8.08. The third kappa shape index (κ3) is 0.610. The Bertz CT molecular complexity index is 288. The number of rotatable bonds is 4. The molecular weight excluding hydrogens is 156 g/mol. The zero-order valence-electron chi connectivity index (χ0n) is 9.06. The molecule has 0 heterocycles. The molecule has 0 heteroatoms. The maximum Gasteiger partial charge on any atom is -0.0144 e. The van der Waals surface area contributed by atoms with Gasteiger partial charge in [0.05, 0.1) is 0 Å². The van der Waals surface area contributed by atoms with Crippen LogP contribution in [-0.4, -0.2) is 0 Å². The number of hydrogen-bond acceptors (Lipinski definition) is 0. The molecule has 3 aliphatic rings. The van der Waals surface area contributed by atoms with Crippen LogP contribution < -0.4 is 0 Å². The quantitative estimate of drug-likeness (QED) is 0.574. The molecule has 4 atom stereocenters.